The zero-order chi connectivity index (χ0) is 17.9. The molecule has 0 radical (unpaired) electrons. The number of carbonyl (C=O) groups excluding carboxylic acids is 1. The summed E-state index contributed by atoms with van der Waals surface area (Å²) in [5, 5.41) is 21.6. The van der Waals surface area contributed by atoms with Gasteiger partial charge >= 0.3 is 11.9 Å². The van der Waals surface area contributed by atoms with Crippen molar-refractivity contribution in [3.05, 3.63) is 12.2 Å². The number of rotatable bonds is 5. The normalized spacial score (nSPS) is 18.8. The van der Waals surface area contributed by atoms with Crippen LogP contribution in [0.5, 0.6) is 0 Å². The van der Waals surface area contributed by atoms with Crippen LogP contribution in [0.3, 0.4) is 0 Å². The summed E-state index contributed by atoms with van der Waals surface area (Å²) in [5.41, 5.74) is 1.08. The van der Waals surface area contributed by atoms with Crippen LogP contribution in [0.15, 0.2) is 17.3 Å². The standard InChI is InChI=1S/C12H21N3O.C4H4O4/c1-11-5-6-12(16)15(13-11)10-9-14-7-3-2-4-8-14;5-3(6)1-2-4(7)8/h2-10H2,1H3;1-2H,(H,5,6)(H,7,8)/b;2-1+. The van der Waals surface area contributed by atoms with Gasteiger partial charge in [-0.25, -0.2) is 14.6 Å². The van der Waals surface area contributed by atoms with E-state index in [9.17, 15) is 14.4 Å². The number of hydrazone groups is 1. The summed E-state index contributed by atoms with van der Waals surface area (Å²) < 4.78 is 0. The summed E-state index contributed by atoms with van der Waals surface area (Å²) >= 11 is 0. The van der Waals surface area contributed by atoms with Gasteiger partial charge in [-0.3, -0.25) is 4.79 Å². The Hall–Kier alpha value is -2.22. The van der Waals surface area contributed by atoms with Gasteiger partial charge in [0.25, 0.3) is 0 Å². The van der Waals surface area contributed by atoms with Gasteiger partial charge in [0.15, 0.2) is 0 Å². The summed E-state index contributed by atoms with van der Waals surface area (Å²) in [6.07, 6.45) is 6.54. The minimum absolute atomic E-state index is 0.183. The second kappa shape index (κ2) is 10.5. The molecule has 134 valence electrons. The van der Waals surface area contributed by atoms with Gasteiger partial charge in [-0.1, -0.05) is 6.42 Å². The maximum atomic E-state index is 11.6. The van der Waals surface area contributed by atoms with Gasteiger partial charge < -0.3 is 15.1 Å². The van der Waals surface area contributed by atoms with Crippen LogP contribution in [0.2, 0.25) is 0 Å². The summed E-state index contributed by atoms with van der Waals surface area (Å²) in [6, 6.07) is 0. The van der Waals surface area contributed by atoms with E-state index in [1.807, 2.05) is 6.92 Å². The van der Waals surface area contributed by atoms with E-state index in [-0.39, 0.29) is 5.91 Å². The van der Waals surface area contributed by atoms with E-state index < -0.39 is 11.9 Å². The number of piperidine rings is 1. The van der Waals surface area contributed by atoms with Crippen molar-refractivity contribution in [2.45, 2.75) is 39.0 Å². The summed E-state index contributed by atoms with van der Waals surface area (Å²) in [5.74, 6) is -2.33. The van der Waals surface area contributed by atoms with E-state index in [4.69, 9.17) is 10.2 Å². The Morgan fingerprint density at radius 2 is 1.62 bits per heavy atom. The number of amides is 1. The number of hydrogen-bond donors (Lipinski definition) is 2. The highest BCUT2D eigenvalue weighted by Crippen LogP contribution is 2.11. The van der Waals surface area contributed by atoms with Gasteiger partial charge in [0.1, 0.15) is 0 Å². The summed E-state index contributed by atoms with van der Waals surface area (Å²) in [4.78, 5) is 33.2. The molecule has 2 rings (SSSR count). The molecule has 1 amide bonds. The first-order valence-electron chi connectivity index (χ1n) is 8.09. The van der Waals surface area contributed by atoms with E-state index in [1.54, 1.807) is 5.01 Å². The summed E-state index contributed by atoms with van der Waals surface area (Å²) in [6.45, 7) is 6.11. The van der Waals surface area contributed by atoms with Gasteiger partial charge in [0, 0.05) is 30.8 Å². The number of aliphatic carboxylic acids is 2. The maximum absolute atomic E-state index is 11.6. The van der Waals surface area contributed by atoms with E-state index >= 15 is 0 Å². The molecule has 8 heteroatoms. The third-order valence-electron chi connectivity index (χ3n) is 3.73. The molecule has 1 fully saturated rings. The minimum atomic E-state index is -1.26. The van der Waals surface area contributed by atoms with Crippen molar-refractivity contribution < 1.29 is 24.6 Å². The van der Waals surface area contributed by atoms with Crippen LogP contribution in [0.25, 0.3) is 0 Å². The smallest absolute Gasteiger partial charge is 0.328 e. The molecule has 1 saturated heterocycles. The fourth-order valence-corrected chi connectivity index (χ4v) is 2.47. The first-order chi connectivity index (χ1) is 11.4. The predicted octanol–water partition coefficient (Wildman–Crippen LogP) is 1.18. The predicted molar refractivity (Wildman–Crippen MR) is 88.8 cm³/mol. The van der Waals surface area contributed by atoms with Crippen molar-refractivity contribution in [2.24, 2.45) is 5.10 Å². The fraction of sp³-hybridized carbons (Fsp3) is 0.625. The highest BCUT2D eigenvalue weighted by molar-refractivity contribution is 5.91. The second-order valence-electron chi connectivity index (χ2n) is 5.76. The van der Waals surface area contributed by atoms with E-state index in [0.717, 1.165) is 25.2 Å². The third-order valence-corrected chi connectivity index (χ3v) is 3.73. The molecule has 0 saturated carbocycles. The van der Waals surface area contributed by atoms with Gasteiger partial charge in [-0.15, -0.1) is 0 Å². The quantitative estimate of drug-likeness (QED) is 0.728. The molecule has 24 heavy (non-hydrogen) atoms. The van der Waals surface area contributed by atoms with Crippen molar-refractivity contribution >= 4 is 23.6 Å². The molecule has 0 spiro atoms. The lowest BCUT2D eigenvalue weighted by molar-refractivity contribution is -0.134. The van der Waals surface area contributed by atoms with Gasteiger partial charge in [0.05, 0.1) is 6.54 Å². The van der Waals surface area contributed by atoms with Crippen molar-refractivity contribution in [3.8, 4) is 0 Å². The van der Waals surface area contributed by atoms with Crippen molar-refractivity contribution in [3.63, 3.8) is 0 Å². The number of hydrogen-bond acceptors (Lipinski definition) is 5. The zero-order valence-electron chi connectivity index (χ0n) is 14.0. The molecule has 0 aromatic carbocycles. The topological polar surface area (TPSA) is 111 Å². The number of nitrogens with zero attached hydrogens (tertiary/aromatic N) is 3. The van der Waals surface area contributed by atoms with E-state index in [2.05, 4.69) is 10.0 Å². The second-order valence-corrected chi connectivity index (χ2v) is 5.76. The van der Waals surface area contributed by atoms with Crippen molar-refractivity contribution in [1.82, 2.24) is 9.91 Å². The van der Waals surface area contributed by atoms with Gasteiger partial charge in [0.2, 0.25) is 5.91 Å². The molecule has 0 aromatic rings. The number of likely N-dealkylation sites (tertiary alicyclic amines) is 1. The van der Waals surface area contributed by atoms with Crippen LogP contribution in [0, 0.1) is 0 Å². The van der Waals surface area contributed by atoms with Crippen LogP contribution >= 0.6 is 0 Å². The largest absolute Gasteiger partial charge is 0.478 e. The van der Waals surface area contributed by atoms with E-state index in [1.165, 1.54) is 32.4 Å². The highest BCUT2D eigenvalue weighted by atomic mass is 16.4. The molecule has 0 bridgehead atoms. The number of carboxylic acid groups (broad SMARTS) is 2. The van der Waals surface area contributed by atoms with Crippen molar-refractivity contribution in [2.75, 3.05) is 26.2 Å². The molecule has 0 aliphatic carbocycles. The fourth-order valence-electron chi connectivity index (χ4n) is 2.47. The Balaban J connectivity index is 0.000000307. The van der Waals surface area contributed by atoms with Crippen LogP contribution in [0.4, 0.5) is 0 Å². The average Bonchev–Trinajstić information content (AvgIpc) is 2.55. The van der Waals surface area contributed by atoms with Crippen LogP contribution < -0.4 is 0 Å². The lowest BCUT2D eigenvalue weighted by Gasteiger charge is -2.29. The lowest BCUT2D eigenvalue weighted by Crippen LogP contribution is -2.39. The Morgan fingerprint density at radius 3 is 2.17 bits per heavy atom. The van der Waals surface area contributed by atoms with Crippen LogP contribution in [-0.2, 0) is 14.4 Å². The Morgan fingerprint density at radius 1 is 1.04 bits per heavy atom. The summed E-state index contributed by atoms with van der Waals surface area (Å²) in [7, 11) is 0. The molecule has 2 aliphatic heterocycles. The Kier molecular flexibility index (Phi) is 8.70. The lowest BCUT2D eigenvalue weighted by atomic mass is 10.1. The monoisotopic (exact) mass is 339 g/mol. The molecule has 2 N–H and O–H groups in total. The minimum Gasteiger partial charge on any atom is -0.478 e. The van der Waals surface area contributed by atoms with Crippen molar-refractivity contribution in [1.29, 1.82) is 0 Å². The maximum Gasteiger partial charge on any atom is 0.328 e. The molecular weight excluding hydrogens is 314 g/mol. The van der Waals surface area contributed by atoms with Gasteiger partial charge in [-0.2, -0.15) is 5.10 Å². The van der Waals surface area contributed by atoms with E-state index in [0.29, 0.717) is 18.6 Å². The van der Waals surface area contributed by atoms with Crippen LogP contribution in [0.1, 0.15) is 39.0 Å². The first kappa shape index (κ1) is 19.8. The molecule has 8 nitrogen and oxygen atoms in total. The Labute approximate surface area is 141 Å². The zero-order valence-corrected chi connectivity index (χ0v) is 14.0. The molecule has 0 aromatic heterocycles. The third kappa shape index (κ3) is 8.42. The average molecular weight is 339 g/mol. The van der Waals surface area contributed by atoms with Gasteiger partial charge in [-0.05, 0) is 39.3 Å². The Bertz CT molecular complexity index is 494. The van der Waals surface area contributed by atoms with Crippen LogP contribution in [-0.4, -0.2) is 69.9 Å². The SMILES string of the molecule is CC1=NN(CCN2CCCCC2)C(=O)CC1.O=C(O)/C=C/C(=O)O. The molecule has 2 aliphatic rings. The number of carbonyl (C=O) groups is 3. The highest BCUT2D eigenvalue weighted by Gasteiger charge is 2.19. The molecular formula is C16H25N3O5. The molecule has 0 unspecified atom stereocenters. The molecule has 2 heterocycles. The molecule has 0 atom stereocenters. The first-order valence-corrected chi connectivity index (χ1v) is 8.09. The number of carboxylic acids is 2.